The number of benzene rings is 2. The SMILES string of the molecule is CC(=O)NCCCS(=O)Cc1cccc2ccccc12. The highest BCUT2D eigenvalue weighted by atomic mass is 32.2. The average molecular weight is 289 g/mol. The zero-order valence-corrected chi connectivity index (χ0v) is 12.4. The Bertz CT molecular complexity index is 619. The van der Waals surface area contributed by atoms with E-state index in [1.54, 1.807) is 0 Å². The molecule has 0 fully saturated rings. The molecule has 4 heteroatoms. The lowest BCUT2D eigenvalue weighted by molar-refractivity contribution is -0.118. The van der Waals surface area contributed by atoms with E-state index in [0.717, 1.165) is 12.0 Å². The molecule has 0 aromatic heterocycles. The lowest BCUT2D eigenvalue weighted by Crippen LogP contribution is -2.22. The van der Waals surface area contributed by atoms with Crippen molar-refractivity contribution in [3.05, 3.63) is 48.0 Å². The third kappa shape index (κ3) is 4.17. The first kappa shape index (κ1) is 14.7. The fourth-order valence-electron chi connectivity index (χ4n) is 2.16. The second kappa shape index (κ2) is 7.20. The zero-order valence-electron chi connectivity index (χ0n) is 11.6. The van der Waals surface area contributed by atoms with Crippen molar-refractivity contribution in [3.8, 4) is 0 Å². The normalized spacial score (nSPS) is 12.2. The van der Waals surface area contributed by atoms with Crippen LogP contribution in [0.15, 0.2) is 42.5 Å². The van der Waals surface area contributed by atoms with Gasteiger partial charge in [-0.3, -0.25) is 9.00 Å². The summed E-state index contributed by atoms with van der Waals surface area (Å²) in [5.74, 6) is 1.15. The fraction of sp³-hybridized carbons (Fsp3) is 0.312. The predicted molar refractivity (Wildman–Crippen MR) is 84.0 cm³/mol. The fourth-order valence-corrected chi connectivity index (χ4v) is 3.37. The Kier molecular flexibility index (Phi) is 5.30. The van der Waals surface area contributed by atoms with E-state index in [1.165, 1.54) is 17.7 Å². The maximum absolute atomic E-state index is 12.1. The Morgan fingerprint density at radius 2 is 1.90 bits per heavy atom. The molecule has 2 aromatic rings. The first-order chi connectivity index (χ1) is 9.66. The molecule has 20 heavy (non-hydrogen) atoms. The van der Waals surface area contributed by atoms with Gasteiger partial charge in [-0.2, -0.15) is 0 Å². The topological polar surface area (TPSA) is 46.2 Å². The highest BCUT2D eigenvalue weighted by Crippen LogP contribution is 2.19. The van der Waals surface area contributed by atoms with Crippen LogP contribution in [-0.4, -0.2) is 22.4 Å². The summed E-state index contributed by atoms with van der Waals surface area (Å²) in [4.78, 5) is 10.7. The van der Waals surface area contributed by atoms with Crippen LogP contribution in [0.5, 0.6) is 0 Å². The van der Waals surface area contributed by atoms with Gasteiger partial charge in [-0.25, -0.2) is 0 Å². The number of rotatable bonds is 6. The minimum atomic E-state index is -0.893. The number of hydrogen-bond donors (Lipinski definition) is 1. The minimum absolute atomic E-state index is 0.0372. The van der Waals surface area contributed by atoms with Crippen LogP contribution in [0.25, 0.3) is 10.8 Å². The van der Waals surface area contributed by atoms with E-state index in [2.05, 4.69) is 23.5 Å². The second-order valence-corrected chi connectivity index (χ2v) is 6.34. The molecule has 0 aliphatic rings. The van der Waals surface area contributed by atoms with E-state index in [4.69, 9.17) is 0 Å². The zero-order chi connectivity index (χ0) is 14.4. The molecule has 0 spiro atoms. The van der Waals surface area contributed by atoms with Crippen LogP contribution in [0.1, 0.15) is 18.9 Å². The van der Waals surface area contributed by atoms with Gasteiger partial charge in [-0.05, 0) is 22.8 Å². The van der Waals surface area contributed by atoms with Gasteiger partial charge in [-0.15, -0.1) is 0 Å². The number of nitrogens with one attached hydrogen (secondary N) is 1. The van der Waals surface area contributed by atoms with Crippen LogP contribution in [0, 0.1) is 0 Å². The standard InChI is InChI=1S/C16H19NO2S/c1-13(18)17-10-5-11-20(19)12-15-8-4-7-14-6-2-3-9-16(14)15/h2-4,6-9H,5,10-12H2,1H3,(H,17,18). The molecule has 1 unspecified atom stereocenters. The van der Waals surface area contributed by atoms with Crippen LogP contribution >= 0.6 is 0 Å². The third-order valence-corrected chi connectivity index (χ3v) is 4.50. The quantitative estimate of drug-likeness (QED) is 0.831. The Morgan fingerprint density at radius 3 is 2.70 bits per heavy atom. The summed E-state index contributed by atoms with van der Waals surface area (Å²) in [6.45, 7) is 2.09. The van der Waals surface area contributed by atoms with Gasteiger partial charge in [0.05, 0.1) is 0 Å². The van der Waals surface area contributed by atoms with Crippen LogP contribution in [0.2, 0.25) is 0 Å². The second-order valence-electron chi connectivity index (χ2n) is 4.76. The van der Waals surface area contributed by atoms with Gasteiger partial charge in [0.25, 0.3) is 0 Å². The average Bonchev–Trinajstić information content (AvgIpc) is 2.44. The van der Waals surface area contributed by atoms with Gasteiger partial charge in [0.15, 0.2) is 0 Å². The number of carbonyl (C=O) groups excluding carboxylic acids is 1. The molecule has 3 nitrogen and oxygen atoms in total. The van der Waals surface area contributed by atoms with Crippen molar-refractivity contribution in [2.45, 2.75) is 19.1 Å². The number of carbonyl (C=O) groups is 1. The highest BCUT2D eigenvalue weighted by molar-refractivity contribution is 7.84. The predicted octanol–water partition coefficient (Wildman–Crippen LogP) is 2.61. The molecule has 1 atom stereocenters. The first-order valence-electron chi connectivity index (χ1n) is 6.73. The van der Waals surface area contributed by atoms with Crippen molar-refractivity contribution in [2.75, 3.05) is 12.3 Å². The van der Waals surface area contributed by atoms with E-state index in [1.807, 2.05) is 24.3 Å². The molecule has 2 rings (SSSR count). The monoisotopic (exact) mass is 289 g/mol. The summed E-state index contributed by atoms with van der Waals surface area (Å²) in [6.07, 6.45) is 0.747. The van der Waals surface area contributed by atoms with Crippen LogP contribution < -0.4 is 5.32 Å². The molecule has 0 aliphatic carbocycles. The van der Waals surface area contributed by atoms with Gasteiger partial charge in [-0.1, -0.05) is 42.5 Å². The van der Waals surface area contributed by atoms with Gasteiger partial charge in [0, 0.05) is 35.8 Å². The van der Waals surface area contributed by atoms with Crippen LogP contribution in [0.4, 0.5) is 0 Å². The summed E-state index contributed by atoms with van der Waals surface area (Å²) in [7, 11) is -0.893. The molecule has 0 saturated heterocycles. The molecule has 0 radical (unpaired) electrons. The summed E-state index contributed by atoms with van der Waals surface area (Å²) in [5.41, 5.74) is 1.13. The molecule has 2 aromatic carbocycles. The first-order valence-corrected chi connectivity index (χ1v) is 8.21. The van der Waals surface area contributed by atoms with E-state index < -0.39 is 10.8 Å². The summed E-state index contributed by atoms with van der Waals surface area (Å²) >= 11 is 0. The van der Waals surface area contributed by atoms with Crippen molar-refractivity contribution in [1.29, 1.82) is 0 Å². The number of amides is 1. The van der Waals surface area contributed by atoms with Crippen LogP contribution in [-0.2, 0) is 21.3 Å². The Morgan fingerprint density at radius 1 is 1.15 bits per heavy atom. The summed E-state index contributed by atoms with van der Waals surface area (Å²) in [5, 5.41) is 5.07. The van der Waals surface area contributed by atoms with Gasteiger partial charge in [0.1, 0.15) is 0 Å². The van der Waals surface area contributed by atoms with Crippen molar-refractivity contribution < 1.29 is 9.00 Å². The molecule has 0 bridgehead atoms. The third-order valence-electron chi connectivity index (χ3n) is 3.12. The van der Waals surface area contributed by atoms with Gasteiger partial charge in [0.2, 0.25) is 5.91 Å². The maximum Gasteiger partial charge on any atom is 0.216 e. The Balaban J connectivity index is 1.94. The molecule has 0 heterocycles. The van der Waals surface area contributed by atoms with E-state index in [-0.39, 0.29) is 5.91 Å². The van der Waals surface area contributed by atoms with Crippen molar-refractivity contribution in [2.24, 2.45) is 0 Å². The minimum Gasteiger partial charge on any atom is -0.356 e. The van der Waals surface area contributed by atoms with E-state index in [0.29, 0.717) is 18.1 Å². The lowest BCUT2D eigenvalue weighted by Gasteiger charge is -2.07. The van der Waals surface area contributed by atoms with Gasteiger partial charge >= 0.3 is 0 Å². The number of fused-ring (bicyclic) bond motifs is 1. The summed E-state index contributed by atoms with van der Waals surface area (Å²) in [6, 6.07) is 14.3. The molecule has 1 amide bonds. The van der Waals surface area contributed by atoms with Crippen molar-refractivity contribution in [1.82, 2.24) is 5.32 Å². The number of hydrogen-bond acceptors (Lipinski definition) is 2. The molecular formula is C16H19NO2S. The highest BCUT2D eigenvalue weighted by Gasteiger charge is 2.05. The Hall–Kier alpha value is -1.68. The van der Waals surface area contributed by atoms with E-state index >= 15 is 0 Å². The molecule has 1 N–H and O–H groups in total. The lowest BCUT2D eigenvalue weighted by atomic mass is 10.1. The van der Waals surface area contributed by atoms with Gasteiger partial charge < -0.3 is 5.32 Å². The molecule has 0 aliphatic heterocycles. The van der Waals surface area contributed by atoms with Crippen molar-refractivity contribution >= 4 is 27.5 Å². The molecular weight excluding hydrogens is 270 g/mol. The largest absolute Gasteiger partial charge is 0.356 e. The molecule has 0 saturated carbocycles. The molecule has 106 valence electrons. The smallest absolute Gasteiger partial charge is 0.216 e. The maximum atomic E-state index is 12.1. The van der Waals surface area contributed by atoms with Crippen molar-refractivity contribution in [3.63, 3.8) is 0 Å². The van der Waals surface area contributed by atoms with E-state index in [9.17, 15) is 9.00 Å². The van der Waals surface area contributed by atoms with Crippen LogP contribution in [0.3, 0.4) is 0 Å². The summed E-state index contributed by atoms with van der Waals surface area (Å²) < 4.78 is 12.1. The Labute approximate surface area is 121 Å².